The van der Waals surface area contributed by atoms with Gasteiger partial charge in [-0.3, -0.25) is 4.79 Å². The Morgan fingerprint density at radius 3 is 2.53 bits per heavy atom. The zero-order valence-electron chi connectivity index (χ0n) is 10.3. The molecule has 1 amide bonds. The van der Waals surface area contributed by atoms with Crippen LogP contribution in [0.1, 0.15) is 12.8 Å². The molecule has 0 radical (unpaired) electrons. The van der Waals surface area contributed by atoms with E-state index in [4.69, 9.17) is 0 Å². The Morgan fingerprint density at radius 2 is 1.89 bits per heavy atom. The number of nitrogens with one attached hydrogen (secondary N) is 1. The van der Waals surface area contributed by atoms with E-state index < -0.39 is 20.7 Å². The molecule has 2 rings (SSSR count). The number of halogens is 1. The van der Waals surface area contributed by atoms with E-state index >= 15 is 0 Å². The SMILES string of the molecule is O=C(CNS(=O)(=O)c1ccccc1F)N1CCCC1. The van der Waals surface area contributed by atoms with E-state index in [9.17, 15) is 17.6 Å². The molecule has 1 N–H and O–H groups in total. The van der Waals surface area contributed by atoms with Crippen LogP contribution in [0, 0.1) is 5.82 Å². The third-order valence-electron chi connectivity index (χ3n) is 3.00. The summed E-state index contributed by atoms with van der Waals surface area (Å²) in [5.41, 5.74) is 0. The van der Waals surface area contributed by atoms with Gasteiger partial charge in [-0.2, -0.15) is 0 Å². The molecule has 0 saturated carbocycles. The highest BCUT2D eigenvalue weighted by atomic mass is 32.2. The summed E-state index contributed by atoms with van der Waals surface area (Å²) in [4.78, 5) is 12.9. The molecule has 19 heavy (non-hydrogen) atoms. The van der Waals surface area contributed by atoms with Crippen molar-refractivity contribution < 1.29 is 17.6 Å². The number of likely N-dealkylation sites (tertiary alicyclic amines) is 1. The van der Waals surface area contributed by atoms with Crippen molar-refractivity contribution in [2.45, 2.75) is 17.7 Å². The maximum Gasteiger partial charge on any atom is 0.243 e. The Hall–Kier alpha value is -1.47. The Morgan fingerprint density at radius 1 is 1.26 bits per heavy atom. The first-order valence-electron chi connectivity index (χ1n) is 6.03. The van der Waals surface area contributed by atoms with Crippen molar-refractivity contribution in [3.05, 3.63) is 30.1 Å². The fraction of sp³-hybridized carbons (Fsp3) is 0.417. The summed E-state index contributed by atoms with van der Waals surface area (Å²) in [6, 6.07) is 5.07. The van der Waals surface area contributed by atoms with Gasteiger partial charge in [-0.1, -0.05) is 12.1 Å². The lowest BCUT2D eigenvalue weighted by molar-refractivity contribution is -0.128. The molecule has 0 spiro atoms. The van der Waals surface area contributed by atoms with Gasteiger partial charge in [0.1, 0.15) is 10.7 Å². The predicted molar refractivity (Wildman–Crippen MR) is 67.4 cm³/mol. The van der Waals surface area contributed by atoms with Crippen LogP contribution in [0.15, 0.2) is 29.2 Å². The van der Waals surface area contributed by atoms with Gasteiger partial charge in [0.2, 0.25) is 15.9 Å². The fourth-order valence-electron chi connectivity index (χ4n) is 1.98. The molecule has 0 atom stereocenters. The van der Waals surface area contributed by atoms with Crippen molar-refractivity contribution in [3.63, 3.8) is 0 Å². The number of nitrogens with zero attached hydrogens (tertiary/aromatic N) is 1. The minimum absolute atomic E-state index is 0.280. The van der Waals surface area contributed by atoms with E-state index in [1.165, 1.54) is 12.1 Å². The lowest BCUT2D eigenvalue weighted by Crippen LogP contribution is -2.38. The van der Waals surface area contributed by atoms with E-state index in [2.05, 4.69) is 4.72 Å². The Balaban J connectivity index is 2.02. The molecule has 1 aromatic rings. The van der Waals surface area contributed by atoms with E-state index in [0.29, 0.717) is 13.1 Å². The number of carbonyl (C=O) groups is 1. The van der Waals surface area contributed by atoms with Crippen LogP contribution in [0.3, 0.4) is 0 Å². The lowest BCUT2D eigenvalue weighted by Gasteiger charge is -2.15. The molecule has 1 saturated heterocycles. The molecule has 1 aliphatic heterocycles. The number of amides is 1. The molecule has 0 aromatic heterocycles. The summed E-state index contributed by atoms with van der Waals surface area (Å²) in [5.74, 6) is -1.11. The van der Waals surface area contributed by atoms with Gasteiger partial charge in [0, 0.05) is 13.1 Å². The van der Waals surface area contributed by atoms with Gasteiger partial charge in [0.15, 0.2) is 0 Å². The molecular formula is C12H15FN2O3S. The second-order valence-corrected chi connectivity index (χ2v) is 6.08. The number of hydrogen-bond acceptors (Lipinski definition) is 3. The van der Waals surface area contributed by atoms with Crippen LogP contribution in [0.5, 0.6) is 0 Å². The van der Waals surface area contributed by atoms with Crippen LogP contribution >= 0.6 is 0 Å². The summed E-state index contributed by atoms with van der Waals surface area (Å²) in [7, 11) is -3.99. The highest BCUT2D eigenvalue weighted by molar-refractivity contribution is 7.89. The van der Waals surface area contributed by atoms with Crippen molar-refractivity contribution in [1.82, 2.24) is 9.62 Å². The highest BCUT2D eigenvalue weighted by Crippen LogP contribution is 2.13. The minimum Gasteiger partial charge on any atom is -0.342 e. The molecule has 0 bridgehead atoms. The number of rotatable bonds is 4. The lowest BCUT2D eigenvalue weighted by atomic mass is 10.4. The average molecular weight is 286 g/mol. The summed E-state index contributed by atoms with van der Waals surface area (Å²) < 4.78 is 39.2. The Kier molecular flexibility index (Phi) is 4.16. The van der Waals surface area contributed by atoms with Crippen LogP contribution in [0.25, 0.3) is 0 Å². The number of carbonyl (C=O) groups excluding carboxylic acids is 1. The molecule has 1 aliphatic rings. The maximum absolute atomic E-state index is 13.4. The summed E-state index contributed by atoms with van der Waals surface area (Å²) >= 11 is 0. The molecule has 104 valence electrons. The standard InChI is InChI=1S/C12H15FN2O3S/c13-10-5-1-2-6-11(10)19(17,18)14-9-12(16)15-7-3-4-8-15/h1-2,5-6,14H,3-4,7-9H2. The molecular weight excluding hydrogens is 271 g/mol. The van der Waals surface area contributed by atoms with Crippen molar-refractivity contribution in [2.75, 3.05) is 19.6 Å². The number of hydrogen-bond donors (Lipinski definition) is 1. The topological polar surface area (TPSA) is 66.5 Å². The van der Waals surface area contributed by atoms with Gasteiger partial charge in [-0.25, -0.2) is 17.5 Å². The largest absolute Gasteiger partial charge is 0.342 e. The molecule has 0 aliphatic carbocycles. The van der Waals surface area contributed by atoms with Gasteiger partial charge in [0.25, 0.3) is 0 Å². The normalized spacial score (nSPS) is 15.7. The smallest absolute Gasteiger partial charge is 0.243 e. The predicted octanol–water partition coefficient (Wildman–Crippen LogP) is 0.726. The second-order valence-electron chi connectivity index (χ2n) is 4.34. The Bertz CT molecular complexity index is 568. The molecule has 5 nitrogen and oxygen atoms in total. The quantitative estimate of drug-likeness (QED) is 0.887. The third kappa shape index (κ3) is 3.30. The van der Waals surface area contributed by atoms with E-state index in [-0.39, 0.29) is 12.5 Å². The number of benzene rings is 1. The maximum atomic E-state index is 13.4. The Labute approximate surface area is 111 Å². The van der Waals surface area contributed by atoms with Gasteiger partial charge >= 0.3 is 0 Å². The van der Waals surface area contributed by atoms with Gasteiger partial charge in [-0.05, 0) is 25.0 Å². The first-order valence-corrected chi connectivity index (χ1v) is 7.51. The van der Waals surface area contributed by atoms with E-state index in [1.54, 1.807) is 4.90 Å². The third-order valence-corrected chi connectivity index (χ3v) is 4.43. The van der Waals surface area contributed by atoms with Crippen molar-refractivity contribution in [3.8, 4) is 0 Å². The fourth-order valence-corrected chi connectivity index (χ4v) is 3.03. The van der Waals surface area contributed by atoms with E-state index in [0.717, 1.165) is 25.0 Å². The van der Waals surface area contributed by atoms with Crippen LogP contribution in [-0.2, 0) is 14.8 Å². The summed E-state index contributed by atoms with van der Waals surface area (Å²) in [6.45, 7) is 0.969. The van der Waals surface area contributed by atoms with Crippen molar-refractivity contribution >= 4 is 15.9 Å². The zero-order chi connectivity index (χ0) is 13.9. The number of sulfonamides is 1. The van der Waals surface area contributed by atoms with Crippen LogP contribution in [0.2, 0.25) is 0 Å². The van der Waals surface area contributed by atoms with E-state index in [1.807, 2.05) is 0 Å². The second kappa shape index (κ2) is 5.66. The van der Waals surface area contributed by atoms with Gasteiger partial charge < -0.3 is 4.90 Å². The first kappa shape index (κ1) is 14.0. The van der Waals surface area contributed by atoms with Gasteiger partial charge in [0.05, 0.1) is 6.54 Å². The minimum atomic E-state index is -3.99. The molecule has 7 heteroatoms. The zero-order valence-corrected chi connectivity index (χ0v) is 11.1. The average Bonchev–Trinajstić information content (AvgIpc) is 2.90. The molecule has 0 unspecified atom stereocenters. The molecule has 1 fully saturated rings. The van der Waals surface area contributed by atoms with Crippen molar-refractivity contribution in [1.29, 1.82) is 0 Å². The van der Waals surface area contributed by atoms with Crippen LogP contribution in [-0.4, -0.2) is 38.9 Å². The van der Waals surface area contributed by atoms with Crippen LogP contribution in [0.4, 0.5) is 4.39 Å². The molecule has 1 heterocycles. The summed E-state index contributed by atoms with van der Waals surface area (Å²) in [6.07, 6.45) is 1.87. The highest BCUT2D eigenvalue weighted by Gasteiger charge is 2.22. The summed E-state index contributed by atoms with van der Waals surface area (Å²) in [5, 5.41) is 0. The van der Waals surface area contributed by atoms with Crippen LogP contribution < -0.4 is 4.72 Å². The monoisotopic (exact) mass is 286 g/mol. The first-order chi connectivity index (χ1) is 9.00. The van der Waals surface area contributed by atoms with Gasteiger partial charge in [-0.15, -0.1) is 0 Å². The molecule has 1 aromatic carbocycles. The van der Waals surface area contributed by atoms with Crippen molar-refractivity contribution in [2.24, 2.45) is 0 Å².